The Morgan fingerprint density at radius 1 is 1.31 bits per heavy atom. The van der Waals surface area contributed by atoms with E-state index in [9.17, 15) is 5.11 Å². The van der Waals surface area contributed by atoms with E-state index in [2.05, 4.69) is 54.4 Å². The van der Waals surface area contributed by atoms with Gasteiger partial charge in [0.25, 0.3) is 0 Å². The molecule has 0 amide bonds. The minimum Gasteiger partial charge on any atom is -0.394 e. The molecular formula is C19H22BrN5O. The van der Waals surface area contributed by atoms with Crippen molar-refractivity contribution in [1.82, 2.24) is 14.4 Å². The highest BCUT2D eigenvalue weighted by atomic mass is 79.9. The first-order chi connectivity index (χ1) is 12.8. The molecule has 7 heteroatoms. The van der Waals surface area contributed by atoms with Crippen molar-refractivity contribution >= 4 is 33.0 Å². The number of pyridine rings is 2. The third-order valence-corrected chi connectivity index (χ3v) is 5.51. The van der Waals surface area contributed by atoms with E-state index in [4.69, 9.17) is 0 Å². The smallest absolute Gasteiger partial charge is 0.161 e. The van der Waals surface area contributed by atoms with Crippen molar-refractivity contribution in [2.24, 2.45) is 0 Å². The van der Waals surface area contributed by atoms with Gasteiger partial charge in [-0.25, -0.2) is 4.98 Å². The first-order valence-electron chi connectivity index (χ1n) is 8.93. The van der Waals surface area contributed by atoms with Gasteiger partial charge in [0, 0.05) is 31.7 Å². The zero-order valence-electron chi connectivity index (χ0n) is 14.5. The molecule has 4 heterocycles. The molecule has 3 aromatic rings. The van der Waals surface area contributed by atoms with E-state index < -0.39 is 0 Å². The van der Waals surface area contributed by atoms with E-state index in [0.29, 0.717) is 6.54 Å². The predicted molar refractivity (Wildman–Crippen MR) is 107 cm³/mol. The fraction of sp³-hybridized carbons (Fsp3) is 0.368. The summed E-state index contributed by atoms with van der Waals surface area (Å²) >= 11 is 3.58. The Labute approximate surface area is 161 Å². The highest BCUT2D eigenvalue weighted by Gasteiger charge is 2.23. The molecule has 0 saturated carbocycles. The third kappa shape index (κ3) is 3.41. The monoisotopic (exact) mass is 415 g/mol. The van der Waals surface area contributed by atoms with E-state index in [1.165, 1.54) is 6.42 Å². The Bertz CT molecular complexity index is 882. The number of imidazole rings is 1. The summed E-state index contributed by atoms with van der Waals surface area (Å²) in [5.74, 6) is 0. The first-order valence-corrected chi connectivity index (χ1v) is 9.72. The number of nitrogens with one attached hydrogen (secondary N) is 1. The van der Waals surface area contributed by atoms with Gasteiger partial charge in [0.15, 0.2) is 5.65 Å². The lowest BCUT2D eigenvalue weighted by Crippen LogP contribution is -2.42. The number of aliphatic hydroxyl groups is 1. The summed E-state index contributed by atoms with van der Waals surface area (Å²) in [6.45, 7) is 1.83. The molecule has 1 atom stereocenters. The van der Waals surface area contributed by atoms with Gasteiger partial charge in [-0.1, -0.05) is 6.07 Å². The SMILES string of the molecule is OCC1CCCCN1c1cc(NCc2cccnc2)c2ncc(Br)n2c1. The second-order valence-electron chi connectivity index (χ2n) is 6.63. The molecule has 0 radical (unpaired) electrons. The molecule has 136 valence electrons. The van der Waals surface area contributed by atoms with Crippen molar-refractivity contribution in [2.45, 2.75) is 31.8 Å². The maximum atomic E-state index is 9.78. The highest BCUT2D eigenvalue weighted by Crippen LogP contribution is 2.31. The molecular weight excluding hydrogens is 394 g/mol. The number of fused-ring (bicyclic) bond motifs is 1. The minimum absolute atomic E-state index is 0.176. The van der Waals surface area contributed by atoms with Gasteiger partial charge in [-0.3, -0.25) is 9.38 Å². The molecule has 1 aliphatic heterocycles. The van der Waals surface area contributed by atoms with E-state index in [-0.39, 0.29) is 12.6 Å². The zero-order chi connectivity index (χ0) is 17.9. The van der Waals surface area contributed by atoms with Crippen molar-refractivity contribution in [3.05, 3.63) is 53.2 Å². The van der Waals surface area contributed by atoms with Crippen molar-refractivity contribution in [1.29, 1.82) is 0 Å². The Balaban J connectivity index is 1.69. The fourth-order valence-corrected chi connectivity index (χ4v) is 3.93. The molecule has 2 N–H and O–H groups in total. The average molecular weight is 416 g/mol. The van der Waals surface area contributed by atoms with E-state index in [1.807, 2.05) is 22.9 Å². The second-order valence-corrected chi connectivity index (χ2v) is 7.44. The molecule has 1 fully saturated rings. The molecule has 1 unspecified atom stereocenters. The van der Waals surface area contributed by atoms with Gasteiger partial charge < -0.3 is 15.3 Å². The molecule has 1 saturated heterocycles. The molecule has 0 spiro atoms. The topological polar surface area (TPSA) is 65.7 Å². The lowest BCUT2D eigenvalue weighted by molar-refractivity contribution is 0.240. The summed E-state index contributed by atoms with van der Waals surface area (Å²) in [6, 6.07) is 6.30. The lowest BCUT2D eigenvalue weighted by atomic mass is 10.0. The van der Waals surface area contributed by atoms with Crippen molar-refractivity contribution in [2.75, 3.05) is 23.4 Å². The predicted octanol–water partition coefficient (Wildman–Crippen LogP) is 3.46. The highest BCUT2D eigenvalue weighted by molar-refractivity contribution is 9.10. The summed E-state index contributed by atoms with van der Waals surface area (Å²) < 4.78 is 2.96. The number of halogens is 1. The van der Waals surface area contributed by atoms with Crippen LogP contribution in [0.25, 0.3) is 5.65 Å². The first kappa shape index (κ1) is 17.3. The van der Waals surface area contributed by atoms with Crippen LogP contribution in [0.2, 0.25) is 0 Å². The summed E-state index contributed by atoms with van der Waals surface area (Å²) in [5.41, 5.74) is 4.07. The maximum Gasteiger partial charge on any atom is 0.161 e. The Morgan fingerprint density at radius 3 is 3.04 bits per heavy atom. The normalized spacial score (nSPS) is 17.6. The van der Waals surface area contributed by atoms with Gasteiger partial charge >= 0.3 is 0 Å². The molecule has 0 aromatic carbocycles. The number of rotatable bonds is 5. The Kier molecular flexibility index (Phi) is 5.08. The minimum atomic E-state index is 0.176. The van der Waals surface area contributed by atoms with Crippen LogP contribution >= 0.6 is 15.9 Å². The van der Waals surface area contributed by atoms with Crippen LogP contribution in [-0.4, -0.2) is 38.7 Å². The van der Waals surface area contributed by atoms with E-state index in [0.717, 1.165) is 46.6 Å². The van der Waals surface area contributed by atoms with Crippen LogP contribution in [-0.2, 0) is 6.54 Å². The van der Waals surface area contributed by atoms with Crippen LogP contribution in [0.15, 0.2) is 47.6 Å². The van der Waals surface area contributed by atoms with Crippen molar-refractivity contribution in [3.63, 3.8) is 0 Å². The van der Waals surface area contributed by atoms with Gasteiger partial charge in [-0.05, 0) is 52.9 Å². The lowest BCUT2D eigenvalue weighted by Gasteiger charge is -2.36. The molecule has 26 heavy (non-hydrogen) atoms. The molecule has 6 nitrogen and oxygen atoms in total. The molecule has 4 rings (SSSR count). The van der Waals surface area contributed by atoms with Crippen molar-refractivity contribution in [3.8, 4) is 0 Å². The number of hydrogen-bond acceptors (Lipinski definition) is 5. The number of anilines is 2. The average Bonchev–Trinajstić information content (AvgIpc) is 3.08. The summed E-state index contributed by atoms with van der Waals surface area (Å²) in [7, 11) is 0. The van der Waals surface area contributed by atoms with Crippen LogP contribution < -0.4 is 10.2 Å². The number of piperidine rings is 1. The quantitative estimate of drug-likeness (QED) is 0.667. The number of aromatic nitrogens is 3. The number of aliphatic hydroxyl groups excluding tert-OH is 1. The standard InChI is InChI=1S/C19H22BrN5O/c20-18-11-23-19-17(22-10-14-4-3-6-21-9-14)8-16(12-25(18)19)24-7-2-1-5-15(24)13-26/h3-4,6,8-9,11-12,15,22,26H,1-2,5,7,10,13H2. The van der Waals surface area contributed by atoms with Gasteiger partial charge in [0.2, 0.25) is 0 Å². The summed E-state index contributed by atoms with van der Waals surface area (Å²) in [4.78, 5) is 11.0. The molecule has 3 aromatic heterocycles. The van der Waals surface area contributed by atoms with Crippen LogP contribution in [0.1, 0.15) is 24.8 Å². The molecule has 0 aliphatic carbocycles. The maximum absolute atomic E-state index is 9.78. The zero-order valence-corrected chi connectivity index (χ0v) is 16.1. The number of nitrogens with zero attached hydrogens (tertiary/aromatic N) is 4. The number of hydrogen-bond donors (Lipinski definition) is 2. The largest absolute Gasteiger partial charge is 0.394 e. The summed E-state index contributed by atoms with van der Waals surface area (Å²) in [5, 5.41) is 13.3. The van der Waals surface area contributed by atoms with Gasteiger partial charge in [0.05, 0.1) is 30.2 Å². The fourth-order valence-electron chi connectivity index (χ4n) is 3.56. The second kappa shape index (κ2) is 7.63. The molecule has 0 bridgehead atoms. The Hall–Kier alpha value is -2.12. The van der Waals surface area contributed by atoms with E-state index in [1.54, 1.807) is 6.20 Å². The van der Waals surface area contributed by atoms with Gasteiger partial charge in [0.1, 0.15) is 4.60 Å². The third-order valence-electron chi connectivity index (χ3n) is 4.92. The summed E-state index contributed by atoms with van der Waals surface area (Å²) in [6.07, 6.45) is 10.9. The van der Waals surface area contributed by atoms with Crippen LogP contribution in [0.3, 0.4) is 0 Å². The molecule has 1 aliphatic rings. The Morgan fingerprint density at radius 2 is 2.23 bits per heavy atom. The van der Waals surface area contributed by atoms with Crippen molar-refractivity contribution < 1.29 is 5.11 Å². The van der Waals surface area contributed by atoms with E-state index >= 15 is 0 Å². The van der Waals surface area contributed by atoms with Crippen LogP contribution in [0.4, 0.5) is 11.4 Å². The van der Waals surface area contributed by atoms with Gasteiger partial charge in [-0.15, -0.1) is 0 Å². The van der Waals surface area contributed by atoms with Crippen LogP contribution in [0, 0.1) is 0 Å². The van der Waals surface area contributed by atoms with Gasteiger partial charge in [-0.2, -0.15) is 0 Å². The van der Waals surface area contributed by atoms with Crippen LogP contribution in [0.5, 0.6) is 0 Å².